The average Bonchev–Trinajstić information content (AvgIpc) is 2.64. The molecule has 1 heterocycles. The summed E-state index contributed by atoms with van der Waals surface area (Å²) in [5.41, 5.74) is 4.89. The minimum atomic E-state index is 0.852. The first kappa shape index (κ1) is 19.1. The summed E-state index contributed by atoms with van der Waals surface area (Å²) >= 11 is 3.59. The molecule has 0 radical (unpaired) electrons. The molecule has 0 amide bonds. The summed E-state index contributed by atoms with van der Waals surface area (Å²) < 4.78 is 0. The Morgan fingerprint density at radius 2 is 1.58 bits per heavy atom. The van der Waals surface area contributed by atoms with Crippen molar-refractivity contribution < 1.29 is 0 Å². The van der Waals surface area contributed by atoms with Crippen LogP contribution >= 0.6 is 15.9 Å². The molecule has 2 rings (SSSR count). The number of halogens is 1. The van der Waals surface area contributed by atoms with Crippen molar-refractivity contribution >= 4 is 15.9 Å². The summed E-state index contributed by atoms with van der Waals surface area (Å²) in [7, 11) is 0. The van der Waals surface area contributed by atoms with Crippen LogP contribution in [0.25, 0.3) is 11.3 Å². The summed E-state index contributed by atoms with van der Waals surface area (Å²) in [4.78, 5) is 8.83. The normalized spacial score (nSPS) is 10.9. The van der Waals surface area contributed by atoms with Crippen LogP contribution in [0, 0.1) is 0 Å². The van der Waals surface area contributed by atoms with Gasteiger partial charge in [-0.05, 0) is 24.0 Å². The molecular formula is C21H29BrN2. The van der Waals surface area contributed by atoms with Crippen LogP contribution in [0.15, 0.2) is 36.8 Å². The number of hydrogen-bond acceptors (Lipinski definition) is 2. The lowest BCUT2D eigenvalue weighted by molar-refractivity contribution is 0.575. The number of hydrogen-bond donors (Lipinski definition) is 0. The maximum absolute atomic E-state index is 4.57. The predicted octanol–water partition coefficient (Wildman–Crippen LogP) is 6.72. The average molecular weight is 389 g/mol. The van der Waals surface area contributed by atoms with Crippen LogP contribution in [0.4, 0.5) is 0 Å². The van der Waals surface area contributed by atoms with Gasteiger partial charge in [-0.25, -0.2) is 9.97 Å². The van der Waals surface area contributed by atoms with Gasteiger partial charge in [0.25, 0.3) is 0 Å². The van der Waals surface area contributed by atoms with Gasteiger partial charge in [0.05, 0.1) is 5.69 Å². The van der Waals surface area contributed by atoms with Crippen molar-refractivity contribution in [3.05, 3.63) is 47.9 Å². The van der Waals surface area contributed by atoms with Gasteiger partial charge < -0.3 is 0 Å². The van der Waals surface area contributed by atoms with Gasteiger partial charge in [0, 0.05) is 17.1 Å². The Labute approximate surface area is 155 Å². The third-order valence-electron chi connectivity index (χ3n) is 4.50. The minimum absolute atomic E-state index is 0.852. The number of rotatable bonds is 11. The Hall–Kier alpha value is -1.22. The van der Waals surface area contributed by atoms with Crippen LogP contribution in [-0.2, 0) is 11.8 Å². The zero-order valence-corrected chi connectivity index (χ0v) is 16.4. The second-order valence-electron chi connectivity index (χ2n) is 6.41. The largest absolute Gasteiger partial charge is 0.244 e. The number of aromatic nitrogens is 2. The second kappa shape index (κ2) is 11.4. The van der Waals surface area contributed by atoms with Crippen LogP contribution in [0.5, 0.6) is 0 Å². The molecule has 3 heteroatoms. The van der Waals surface area contributed by atoms with E-state index in [0.29, 0.717) is 0 Å². The maximum atomic E-state index is 4.57. The third kappa shape index (κ3) is 6.01. The molecule has 1 aromatic heterocycles. The summed E-state index contributed by atoms with van der Waals surface area (Å²) in [6, 6.07) is 8.49. The van der Waals surface area contributed by atoms with Crippen molar-refractivity contribution in [2.45, 2.75) is 70.0 Å². The van der Waals surface area contributed by atoms with Gasteiger partial charge in [-0.15, -0.1) is 0 Å². The van der Waals surface area contributed by atoms with Crippen LogP contribution in [-0.4, -0.2) is 9.97 Å². The number of alkyl halides is 1. The van der Waals surface area contributed by atoms with E-state index in [1.807, 2.05) is 6.20 Å². The second-order valence-corrected chi connectivity index (χ2v) is 6.97. The van der Waals surface area contributed by atoms with Gasteiger partial charge in [-0.2, -0.15) is 0 Å². The van der Waals surface area contributed by atoms with Crippen molar-refractivity contribution in [1.29, 1.82) is 0 Å². The van der Waals surface area contributed by atoms with Gasteiger partial charge in [0.15, 0.2) is 0 Å². The van der Waals surface area contributed by atoms with E-state index in [9.17, 15) is 0 Å². The Bertz CT molecular complexity index is 598. The van der Waals surface area contributed by atoms with Gasteiger partial charge in [0.2, 0.25) is 0 Å². The molecular weight excluding hydrogens is 360 g/mol. The van der Waals surface area contributed by atoms with Crippen molar-refractivity contribution in [2.24, 2.45) is 0 Å². The molecule has 0 aliphatic rings. The number of benzene rings is 1. The molecule has 1 aromatic carbocycles. The fourth-order valence-corrected chi connectivity index (χ4v) is 3.59. The van der Waals surface area contributed by atoms with E-state index >= 15 is 0 Å². The highest BCUT2D eigenvalue weighted by Crippen LogP contribution is 2.27. The van der Waals surface area contributed by atoms with E-state index in [1.54, 1.807) is 6.33 Å². The van der Waals surface area contributed by atoms with Crippen LogP contribution in [0.2, 0.25) is 0 Å². The molecule has 0 atom stereocenters. The van der Waals surface area contributed by atoms with E-state index in [4.69, 9.17) is 0 Å². The SMILES string of the molecule is CCCCCCCCCCc1cncnc1-c1ccccc1CBr. The quantitative estimate of drug-likeness (QED) is 0.315. The summed E-state index contributed by atoms with van der Waals surface area (Å²) in [5.74, 6) is 0. The first-order valence-electron chi connectivity index (χ1n) is 9.30. The molecule has 2 aromatic rings. The molecule has 0 bridgehead atoms. The highest BCUT2D eigenvalue weighted by atomic mass is 79.9. The lowest BCUT2D eigenvalue weighted by Gasteiger charge is -2.11. The molecule has 0 unspecified atom stereocenters. The van der Waals surface area contributed by atoms with E-state index in [-0.39, 0.29) is 0 Å². The van der Waals surface area contributed by atoms with Crippen molar-refractivity contribution in [2.75, 3.05) is 0 Å². The lowest BCUT2D eigenvalue weighted by Crippen LogP contribution is -1.97. The van der Waals surface area contributed by atoms with E-state index in [2.05, 4.69) is 57.1 Å². The molecule has 0 saturated carbocycles. The van der Waals surface area contributed by atoms with Gasteiger partial charge in [-0.1, -0.05) is 92.1 Å². The Kier molecular flexibility index (Phi) is 9.04. The highest BCUT2D eigenvalue weighted by Gasteiger charge is 2.10. The first-order chi connectivity index (χ1) is 11.9. The number of aryl methyl sites for hydroxylation is 1. The molecule has 2 nitrogen and oxygen atoms in total. The maximum Gasteiger partial charge on any atom is 0.116 e. The molecule has 0 aliphatic heterocycles. The molecule has 0 spiro atoms. The van der Waals surface area contributed by atoms with Crippen LogP contribution in [0.1, 0.15) is 69.4 Å². The fraction of sp³-hybridized carbons (Fsp3) is 0.524. The fourth-order valence-electron chi connectivity index (χ4n) is 3.10. The zero-order valence-electron chi connectivity index (χ0n) is 14.8. The van der Waals surface area contributed by atoms with Gasteiger partial charge in [-0.3, -0.25) is 0 Å². The molecule has 0 N–H and O–H groups in total. The first-order valence-corrected chi connectivity index (χ1v) is 10.4. The molecule has 130 valence electrons. The molecule has 0 aliphatic carbocycles. The smallest absolute Gasteiger partial charge is 0.116 e. The standard InChI is InChI=1S/C21H29BrN2/c1-2-3-4-5-6-7-8-9-13-19-16-23-17-24-21(19)20-14-11-10-12-18(20)15-22/h10-12,14,16-17H,2-9,13,15H2,1H3. The molecule has 0 fully saturated rings. The predicted molar refractivity (Wildman–Crippen MR) is 106 cm³/mol. The lowest BCUT2D eigenvalue weighted by atomic mass is 9.98. The Morgan fingerprint density at radius 1 is 0.875 bits per heavy atom. The summed E-state index contributed by atoms with van der Waals surface area (Å²) in [6.07, 6.45) is 15.5. The Balaban J connectivity index is 1.88. The van der Waals surface area contributed by atoms with Crippen LogP contribution < -0.4 is 0 Å². The van der Waals surface area contributed by atoms with Gasteiger partial charge in [0.1, 0.15) is 6.33 Å². The van der Waals surface area contributed by atoms with Crippen molar-refractivity contribution in [3.8, 4) is 11.3 Å². The Morgan fingerprint density at radius 3 is 2.33 bits per heavy atom. The number of nitrogens with zero attached hydrogens (tertiary/aromatic N) is 2. The van der Waals surface area contributed by atoms with E-state index in [0.717, 1.165) is 17.4 Å². The monoisotopic (exact) mass is 388 g/mol. The zero-order chi connectivity index (χ0) is 17.0. The van der Waals surface area contributed by atoms with Crippen LogP contribution in [0.3, 0.4) is 0 Å². The summed E-state index contributed by atoms with van der Waals surface area (Å²) in [5, 5.41) is 0.852. The molecule has 24 heavy (non-hydrogen) atoms. The van der Waals surface area contributed by atoms with Crippen molar-refractivity contribution in [3.63, 3.8) is 0 Å². The van der Waals surface area contributed by atoms with Gasteiger partial charge >= 0.3 is 0 Å². The minimum Gasteiger partial charge on any atom is -0.244 e. The third-order valence-corrected chi connectivity index (χ3v) is 5.11. The number of unbranched alkanes of at least 4 members (excludes halogenated alkanes) is 7. The van der Waals surface area contributed by atoms with E-state index in [1.165, 1.54) is 68.1 Å². The molecule has 0 saturated heterocycles. The highest BCUT2D eigenvalue weighted by molar-refractivity contribution is 9.08. The summed E-state index contributed by atoms with van der Waals surface area (Å²) in [6.45, 7) is 2.27. The van der Waals surface area contributed by atoms with E-state index < -0.39 is 0 Å². The topological polar surface area (TPSA) is 25.8 Å². The van der Waals surface area contributed by atoms with Crippen molar-refractivity contribution in [1.82, 2.24) is 9.97 Å².